The fourth-order valence-electron chi connectivity index (χ4n) is 11.3. The topological polar surface area (TPSA) is 3.24 Å². The van der Waals surface area contributed by atoms with Gasteiger partial charge >= 0.3 is 0 Å². The third-order valence-electron chi connectivity index (χ3n) is 13.9. The second kappa shape index (κ2) is 12.3. The fourth-order valence-corrected chi connectivity index (χ4v) is 12.4. The molecule has 0 atom stereocenters. The summed E-state index contributed by atoms with van der Waals surface area (Å²) in [5.41, 5.74) is 21.4. The predicted octanol–water partition coefficient (Wildman–Crippen LogP) is 15.8. The summed E-state index contributed by atoms with van der Waals surface area (Å²) >= 11 is 1.87. The van der Waals surface area contributed by atoms with Gasteiger partial charge in [-0.2, -0.15) is 0 Å². The zero-order valence-corrected chi connectivity index (χ0v) is 34.2. The lowest BCUT2D eigenvalue weighted by Crippen LogP contribution is -2.26. The van der Waals surface area contributed by atoms with Crippen molar-refractivity contribution in [2.45, 2.75) is 24.7 Å². The summed E-state index contributed by atoms with van der Waals surface area (Å²) in [6, 6.07) is 75.4. The Bertz CT molecular complexity index is 3370. The third kappa shape index (κ3) is 4.41. The molecule has 0 saturated heterocycles. The van der Waals surface area contributed by atoms with E-state index in [4.69, 9.17) is 0 Å². The van der Waals surface area contributed by atoms with Gasteiger partial charge in [0.25, 0.3) is 0 Å². The highest BCUT2D eigenvalue weighted by Crippen LogP contribution is 2.65. The maximum atomic E-state index is 2.53. The van der Waals surface area contributed by atoms with E-state index in [2.05, 4.69) is 219 Å². The van der Waals surface area contributed by atoms with E-state index < -0.39 is 5.41 Å². The summed E-state index contributed by atoms with van der Waals surface area (Å²) in [5, 5.41) is 2.65. The molecule has 13 rings (SSSR count). The van der Waals surface area contributed by atoms with Crippen LogP contribution in [0.1, 0.15) is 47.2 Å². The number of thiophene rings is 1. The van der Waals surface area contributed by atoms with Crippen molar-refractivity contribution in [1.29, 1.82) is 0 Å². The number of hydrogen-bond acceptors (Lipinski definition) is 2. The molecule has 0 aliphatic heterocycles. The van der Waals surface area contributed by atoms with Gasteiger partial charge in [0.15, 0.2) is 0 Å². The average Bonchev–Trinajstić information content (AvgIpc) is 3.99. The maximum absolute atomic E-state index is 2.53. The lowest BCUT2D eigenvalue weighted by atomic mass is 9.70. The monoisotopic (exact) mass is 781 g/mol. The van der Waals surface area contributed by atoms with Gasteiger partial charge in [-0.1, -0.05) is 166 Å². The highest BCUT2D eigenvalue weighted by molar-refractivity contribution is 7.25. The first-order chi connectivity index (χ1) is 29.5. The van der Waals surface area contributed by atoms with Crippen molar-refractivity contribution in [1.82, 2.24) is 0 Å². The summed E-state index contributed by atoms with van der Waals surface area (Å²) in [6.07, 6.45) is 0. The summed E-state index contributed by atoms with van der Waals surface area (Å²) in [6.45, 7) is 4.76. The van der Waals surface area contributed by atoms with E-state index in [1.165, 1.54) is 104 Å². The first-order valence-corrected chi connectivity index (χ1v) is 21.8. The second-order valence-corrected chi connectivity index (χ2v) is 18.3. The molecule has 2 heteroatoms. The highest BCUT2D eigenvalue weighted by Gasteiger charge is 2.52. The normalized spacial score (nSPS) is 14.4. The van der Waals surface area contributed by atoms with Crippen LogP contribution >= 0.6 is 11.3 Å². The minimum absolute atomic E-state index is 0.130. The van der Waals surface area contributed by atoms with Crippen molar-refractivity contribution < 1.29 is 0 Å². The van der Waals surface area contributed by atoms with Gasteiger partial charge in [0.1, 0.15) is 0 Å². The van der Waals surface area contributed by atoms with Gasteiger partial charge in [-0.3, -0.25) is 0 Å². The number of fused-ring (bicyclic) bond motifs is 16. The van der Waals surface area contributed by atoms with Crippen LogP contribution in [0.4, 0.5) is 17.1 Å². The lowest BCUT2D eigenvalue weighted by molar-refractivity contribution is 0.660. The predicted molar refractivity (Wildman–Crippen MR) is 253 cm³/mol. The van der Waals surface area contributed by atoms with Gasteiger partial charge in [0, 0.05) is 42.5 Å². The molecule has 3 aliphatic rings. The molecule has 9 aromatic carbocycles. The lowest BCUT2D eigenvalue weighted by Gasteiger charge is -2.32. The summed E-state index contributed by atoms with van der Waals surface area (Å²) in [4.78, 5) is 2.53. The molecule has 0 unspecified atom stereocenters. The Labute approximate surface area is 354 Å². The summed E-state index contributed by atoms with van der Waals surface area (Å²) < 4.78 is 2.66. The van der Waals surface area contributed by atoms with E-state index in [1.807, 2.05) is 11.3 Å². The zero-order chi connectivity index (χ0) is 39.7. The van der Waals surface area contributed by atoms with Crippen LogP contribution in [-0.2, 0) is 10.8 Å². The van der Waals surface area contributed by atoms with Crippen molar-refractivity contribution in [3.8, 4) is 44.5 Å². The molecule has 10 aromatic rings. The van der Waals surface area contributed by atoms with Crippen LogP contribution in [0.15, 0.2) is 200 Å². The molecular formula is C58H39NS. The van der Waals surface area contributed by atoms with Crippen LogP contribution in [0.2, 0.25) is 0 Å². The second-order valence-electron chi connectivity index (χ2n) is 17.2. The van der Waals surface area contributed by atoms with Crippen LogP contribution in [0.25, 0.3) is 64.7 Å². The van der Waals surface area contributed by atoms with E-state index in [0.717, 1.165) is 11.4 Å². The van der Waals surface area contributed by atoms with Gasteiger partial charge in [-0.15, -0.1) is 11.3 Å². The SMILES string of the molecule is CC1(C)c2ccccc2-c2ccc(N(c3ccc(-c4ccc5sc6ccccc6c5c4)cc3)c3cccc4c3-c3ccccc3C43c4ccccc4-c4ccccc43)cc21. The minimum atomic E-state index is -0.420. The molecule has 0 radical (unpaired) electrons. The molecule has 1 aromatic heterocycles. The van der Waals surface area contributed by atoms with Gasteiger partial charge in [0.2, 0.25) is 0 Å². The molecular weight excluding hydrogens is 743 g/mol. The number of nitrogens with zero attached hydrogens (tertiary/aromatic N) is 1. The van der Waals surface area contributed by atoms with Crippen molar-refractivity contribution in [2.24, 2.45) is 0 Å². The van der Waals surface area contributed by atoms with Crippen LogP contribution < -0.4 is 4.90 Å². The fraction of sp³-hybridized carbons (Fsp3) is 0.0690. The highest BCUT2D eigenvalue weighted by atomic mass is 32.1. The average molecular weight is 782 g/mol. The smallest absolute Gasteiger partial charge is 0.0726 e. The van der Waals surface area contributed by atoms with Gasteiger partial charge in [-0.05, 0) is 121 Å². The first kappa shape index (κ1) is 33.9. The Morgan fingerprint density at radius 2 is 0.900 bits per heavy atom. The van der Waals surface area contributed by atoms with Crippen molar-refractivity contribution >= 4 is 48.6 Å². The quantitative estimate of drug-likeness (QED) is 0.172. The van der Waals surface area contributed by atoms with E-state index in [-0.39, 0.29) is 5.41 Å². The van der Waals surface area contributed by atoms with Gasteiger partial charge in [-0.25, -0.2) is 0 Å². The molecule has 282 valence electrons. The van der Waals surface area contributed by atoms with Crippen LogP contribution in [-0.4, -0.2) is 0 Å². The Hall–Kier alpha value is -7.00. The maximum Gasteiger partial charge on any atom is 0.0726 e. The minimum Gasteiger partial charge on any atom is -0.310 e. The van der Waals surface area contributed by atoms with Crippen LogP contribution in [0.5, 0.6) is 0 Å². The van der Waals surface area contributed by atoms with Crippen molar-refractivity contribution in [3.63, 3.8) is 0 Å². The van der Waals surface area contributed by atoms with Gasteiger partial charge < -0.3 is 4.90 Å². The summed E-state index contributed by atoms with van der Waals surface area (Å²) in [5.74, 6) is 0. The molecule has 60 heavy (non-hydrogen) atoms. The van der Waals surface area contributed by atoms with E-state index in [9.17, 15) is 0 Å². The Balaban J connectivity index is 1.04. The number of rotatable bonds is 4. The number of anilines is 3. The summed E-state index contributed by atoms with van der Waals surface area (Å²) in [7, 11) is 0. The molecule has 0 bridgehead atoms. The van der Waals surface area contributed by atoms with E-state index >= 15 is 0 Å². The molecule has 1 heterocycles. The van der Waals surface area contributed by atoms with Crippen molar-refractivity contribution in [3.05, 3.63) is 234 Å². The Kier molecular flexibility index (Phi) is 6.94. The first-order valence-electron chi connectivity index (χ1n) is 21.0. The molecule has 0 saturated carbocycles. The van der Waals surface area contributed by atoms with Crippen LogP contribution in [0.3, 0.4) is 0 Å². The van der Waals surface area contributed by atoms with Gasteiger partial charge in [0.05, 0.1) is 11.1 Å². The molecule has 1 nitrogen and oxygen atoms in total. The molecule has 3 aliphatic carbocycles. The zero-order valence-electron chi connectivity index (χ0n) is 33.4. The van der Waals surface area contributed by atoms with E-state index in [0.29, 0.717) is 0 Å². The Morgan fingerprint density at radius 3 is 1.63 bits per heavy atom. The number of benzene rings is 9. The molecule has 1 spiro atoms. The molecule has 0 fully saturated rings. The van der Waals surface area contributed by atoms with Crippen LogP contribution in [0, 0.1) is 0 Å². The van der Waals surface area contributed by atoms with E-state index in [1.54, 1.807) is 0 Å². The largest absolute Gasteiger partial charge is 0.310 e. The molecule has 0 amide bonds. The van der Waals surface area contributed by atoms with Crippen molar-refractivity contribution in [2.75, 3.05) is 4.90 Å². The molecule has 0 N–H and O–H groups in total. The Morgan fingerprint density at radius 1 is 0.367 bits per heavy atom. The number of hydrogen-bond donors (Lipinski definition) is 0. The standard InChI is InChI=1S/C58H39NS/c1-57(2)47-19-8-3-14-40(47)43-32-31-39(35-52(43)57)59(38-29-26-36(27-30-38)37-28-33-55-46(34-37)44-17-7-12-25-54(44)60-55)53-24-13-23-51-56(53)45-18-6-11-22-50(45)58(51)48-20-9-4-15-41(48)42-16-5-10-21-49(42)58/h3-35H,1-2H3. The third-order valence-corrected chi connectivity index (χ3v) is 15.1.